The molecule has 0 saturated carbocycles. The number of carbonyl (C=O) groups excluding carboxylic acids is 2. The van der Waals surface area contributed by atoms with Gasteiger partial charge in [0.1, 0.15) is 0 Å². The zero-order chi connectivity index (χ0) is 21.3. The number of anilines is 2. The van der Waals surface area contributed by atoms with Gasteiger partial charge in [-0.25, -0.2) is 0 Å². The summed E-state index contributed by atoms with van der Waals surface area (Å²) in [6, 6.07) is 9.57. The van der Waals surface area contributed by atoms with Crippen molar-refractivity contribution in [2.24, 2.45) is 5.73 Å². The van der Waals surface area contributed by atoms with Crippen molar-refractivity contribution in [3.05, 3.63) is 35.9 Å². The van der Waals surface area contributed by atoms with Crippen molar-refractivity contribution in [1.82, 2.24) is 10.6 Å². The van der Waals surface area contributed by atoms with Crippen LogP contribution in [-0.4, -0.2) is 51.1 Å². The van der Waals surface area contributed by atoms with Gasteiger partial charge in [-0.2, -0.15) is 0 Å². The van der Waals surface area contributed by atoms with Crippen molar-refractivity contribution in [2.45, 2.75) is 32.6 Å². The number of hydrogen-bond acceptors (Lipinski definition) is 5. The highest BCUT2D eigenvalue weighted by atomic mass is 35.5. The van der Waals surface area contributed by atoms with Crippen molar-refractivity contribution in [3.63, 3.8) is 0 Å². The number of nitrogens with one attached hydrogen (secondary N) is 3. The van der Waals surface area contributed by atoms with Gasteiger partial charge in [0.05, 0.1) is 12.2 Å². The van der Waals surface area contributed by atoms with Crippen LogP contribution in [0.2, 0.25) is 0 Å². The SMILES string of the molecule is CCCCN1C(=O)c2cccc3c(NC(=O)CNCCCNCCCN)ccc1c23.Cl.Cl.Cl. The number of nitrogens with two attached hydrogens (primary N) is 1. The van der Waals surface area contributed by atoms with Crippen LogP contribution in [0.3, 0.4) is 0 Å². The van der Waals surface area contributed by atoms with Gasteiger partial charge in [-0.05, 0) is 63.6 Å². The summed E-state index contributed by atoms with van der Waals surface area (Å²) in [5.41, 5.74) is 7.86. The Morgan fingerprint density at radius 1 is 0.970 bits per heavy atom. The highest BCUT2D eigenvalue weighted by Crippen LogP contribution is 2.40. The molecule has 0 aromatic heterocycles. The molecule has 186 valence electrons. The minimum absolute atomic E-state index is 0. The van der Waals surface area contributed by atoms with Gasteiger partial charge in [-0.1, -0.05) is 25.5 Å². The Morgan fingerprint density at radius 2 is 1.70 bits per heavy atom. The van der Waals surface area contributed by atoms with Crippen LogP contribution in [0, 0.1) is 0 Å². The third-order valence-corrected chi connectivity index (χ3v) is 5.34. The lowest BCUT2D eigenvalue weighted by Gasteiger charge is -2.17. The number of amides is 2. The lowest BCUT2D eigenvalue weighted by Crippen LogP contribution is -2.30. The minimum Gasteiger partial charge on any atom is -0.330 e. The lowest BCUT2D eigenvalue weighted by molar-refractivity contribution is -0.115. The van der Waals surface area contributed by atoms with Crippen LogP contribution in [0.1, 0.15) is 43.0 Å². The van der Waals surface area contributed by atoms with Gasteiger partial charge in [0.15, 0.2) is 0 Å². The number of unbranched alkanes of at least 4 members (excludes halogenated alkanes) is 1. The highest BCUT2D eigenvalue weighted by Gasteiger charge is 2.30. The maximum absolute atomic E-state index is 12.8. The number of halogens is 3. The molecule has 0 bridgehead atoms. The number of nitrogens with zero attached hydrogens (tertiary/aromatic N) is 1. The average molecular weight is 521 g/mol. The molecule has 10 heteroatoms. The molecule has 7 nitrogen and oxygen atoms in total. The molecular weight excluding hydrogens is 485 g/mol. The van der Waals surface area contributed by atoms with Gasteiger partial charge >= 0.3 is 0 Å². The number of hydrogen-bond donors (Lipinski definition) is 4. The predicted molar refractivity (Wildman–Crippen MR) is 145 cm³/mol. The molecule has 0 saturated heterocycles. The van der Waals surface area contributed by atoms with Gasteiger partial charge in [0.25, 0.3) is 5.91 Å². The fraction of sp³-hybridized carbons (Fsp3) is 0.478. The Kier molecular flexibility index (Phi) is 15.3. The van der Waals surface area contributed by atoms with Crippen molar-refractivity contribution < 1.29 is 9.59 Å². The molecule has 3 rings (SSSR count). The van der Waals surface area contributed by atoms with E-state index < -0.39 is 0 Å². The minimum atomic E-state index is -0.0843. The first-order valence-electron chi connectivity index (χ1n) is 11.0. The van der Waals surface area contributed by atoms with E-state index in [-0.39, 0.29) is 55.6 Å². The molecule has 2 aromatic carbocycles. The molecule has 2 aromatic rings. The summed E-state index contributed by atoms with van der Waals surface area (Å²) in [5, 5.41) is 11.3. The van der Waals surface area contributed by atoms with Crippen molar-refractivity contribution in [3.8, 4) is 0 Å². The van der Waals surface area contributed by atoms with Crippen LogP contribution in [0.15, 0.2) is 30.3 Å². The molecule has 33 heavy (non-hydrogen) atoms. The third-order valence-electron chi connectivity index (χ3n) is 5.34. The maximum atomic E-state index is 12.8. The van der Waals surface area contributed by atoms with Crippen LogP contribution in [0.5, 0.6) is 0 Å². The van der Waals surface area contributed by atoms with Gasteiger partial charge < -0.3 is 26.6 Å². The Hall–Kier alpha value is -1.61. The smallest absolute Gasteiger partial charge is 0.258 e. The Morgan fingerprint density at radius 3 is 2.42 bits per heavy atom. The molecule has 1 heterocycles. The molecular formula is C23H36Cl3N5O2. The summed E-state index contributed by atoms with van der Waals surface area (Å²) in [7, 11) is 0. The van der Waals surface area contributed by atoms with Crippen molar-refractivity contribution >= 4 is 71.2 Å². The van der Waals surface area contributed by atoms with Crippen LogP contribution in [0.4, 0.5) is 11.4 Å². The average Bonchev–Trinajstić information content (AvgIpc) is 3.03. The Labute approximate surface area is 214 Å². The van der Waals surface area contributed by atoms with E-state index in [0.717, 1.165) is 79.6 Å². The summed E-state index contributed by atoms with van der Waals surface area (Å²) in [5.74, 6) is -0.0341. The first kappa shape index (κ1) is 31.4. The number of benzene rings is 2. The molecule has 2 amide bonds. The molecule has 1 aliphatic heterocycles. The third kappa shape index (κ3) is 7.98. The largest absolute Gasteiger partial charge is 0.330 e. The standard InChI is InChI=1S/C23H33N5O2.3ClH/c1-2-3-15-28-20-10-9-19(17-7-4-8-18(22(17)20)23(28)30)27-21(29)16-26-14-6-13-25-12-5-11-24;;;/h4,7-10,25-26H,2-3,5-6,11-16,24H2,1H3,(H,27,29);3*1H. The summed E-state index contributed by atoms with van der Waals surface area (Å²) in [6.07, 6.45) is 3.93. The van der Waals surface area contributed by atoms with Crippen LogP contribution < -0.4 is 26.6 Å². The van der Waals surface area contributed by atoms with Gasteiger partial charge in [0.2, 0.25) is 5.91 Å². The predicted octanol–water partition coefficient (Wildman–Crippen LogP) is 3.72. The van der Waals surface area contributed by atoms with Crippen LogP contribution >= 0.6 is 37.2 Å². The van der Waals surface area contributed by atoms with Gasteiger partial charge in [-0.3, -0.25) is 9.59 Å². The summed E-state index contributed by atoms with van der Waals surface area (Å²) in [6.45, 7) is 6.41. The molecule has 0 radical (unpaired) electrons. The zero-order valence-corrected chi connectivity index (χ0v) is 21.5. The number of carbonyl (C=O) groups is 2. The van der Waals surface area contributed by atoms with Crippen LogP contribution in [-0.2, 0) is 4.79 Å². The zero-order valence-electron chi connectivity index (χ0n) is 19.0. The fourth-order valence-electron chi connectivity index (χ4n) is 3.78. The summed E-state index contributed by atoms with van der Waals surface area (Å²) >= 11 is 0. The lowest BCUT2D eigenvalue weighted by atomic mass is 10.0. The highest BCUT2D eigenvalue weighted by molar-refractivity contribution is 6.27. The van der Waals surface area contributed by atoms with E-state index in [0.29, 0.717) is 6.54 Å². The van der Waals surface area contributed by atoms with E-state index in [1.54, 1.807) is 0 Å². The van der Waals surface area contributed by atoms with Gasteiger partial charge in [-0.15, -0.1) is 37.2 Å². The molecule has 1 aliphatic rings. The van der Waals surface area contributed by atoms with Gasteiger partial charge in [0, 0.05) is 28.6 Å². The van der Waals surface area contributed by atoms with E-state index >= 15 is 0 Å². The van der Waals surface area contributed by atoms with E-state index in [1.165, 1.54) is 0 Å². The Bertz CT molecular complexity index is 898. The monoisotopic (exact) mass is 519 g/mol. The Balaban J connectivity index is 0.00000341. The second kappa shape index (κ2) is 16.1. The topological polar surface area (TPSA) is 99.5 Å². The normalized spacial score (nSPS) is 11.6. The second-order valence-corrected chi connectivity index (χ2v) is 7.64. The molecule has 5 N–H and O–H groups in total. The van der Waals surface area contributed by atoms with Crippen molar-refractivity contribution in [2.75, 3.05) is 49.5 Å². The molecule has 0 aliphatic carbocycles. The fourth-order valence-corrected chi connectivity index (χ4v) is 3.78. The van der Waals surface area contributed by atoms with E-state index in [9.17, 15) is 9.59 Å². The maximum Gasteiger partial charge on any atom is 0.258 e. The number of rotatable bonds is 13. The quantitative estimate of drug-likeness (QED) is 0.302. The first-order valence-corrected chi connectivity index (χ1v) is 11.0. The molecule has 0 spiro atoms. The van der Waals surface area contributed by atoms with Crippen molar-refractivity contribution in [1.29, 1.82) is 0 Å². The van der Waals surface area contributed by atoms with E-state index in [2.05, 4.69) is 22.9 Å². The summed E-state index contributed by atoms with van der Waals surface area (Å²) in [4.78, 5) is 27.1. The van der Waals surface area contributed by atoms with E-state index in [1.807, 2.05) is 35.2 Å². The molecule has 0 unspecified atom stereocenters. The molecule has 0 fully saturated rings. The van der Waals surface area contributed by atoms with Crippen LogP contribution in [0.25, 0.3) is 10.8 Å². The second-order valence-electron chi connectivity index (χ2n) is 7.64. The summed E-state index contributed by atoms with van der Waals surface area (Å²) < 4.78 is 0. The first-order chi connectivity index (χ1) is 14.7. The molecule has 0 atom stereocenters. The van der Waals surface area contributed by atoms with E-state index in [4.69, 9.17) is 5.73 Å².